The molecule has 0 aliphatic carbocycles. The number of anilines is 4. The topological polar surface area (TPSA) is 120 Å². The van der Waals surface area contributed by atoms with Crippen molar-refractivity contribution in [1.82, 2.24) is 25.2 Å². The SMILES string of the molecule is CN1NC(Nc2cc(C(=O)O)ccc2F)c2cnc(Nc3cnn(C)c3)nc21. The number of hydrogen-bond acceptors (Lipinski definition) is 8. The van der Waals surface area contributed by atoms with Crippen LogP contribution >= 0.6 is 0 Å². The molecule has 0 saturated heterocycles. The van der Waals surface area contributed by atoms with Gasteiger partial charge in [-0.2, -0.15) is 10.1 Å². The highest BCUT2D eigenvalue weighted by Crippen LogP contribution is 2.32. The van der Waals surface area contributed by atoms with Gasteiger partial charge >= 0.3 is 5.97 Å². The van der Waals surface area contributed by atoms with Crippen molar-refractivity contribution in [3.8, 4) is 0 Å². The molecule has 0 saturated carbocycles. The van der Waals surface area contributed by atoms with E-state index in [0.29, 0.717) is 17.3 Å². The number of nitrogens with one attached hydrogen (secondary N) is 3. The molecule has 0 amide bonds. The maximum atomic E-state index is 14.1. The van der Waals surface area contributed by atoms with Crippen LogP contribution in [0.5, 0.6) is 0 Å². The molecule has 1 unspecified atom stereocenters. The fourth-order valence-corrected chi connectivity index (χ4v) is 2.89. The van der Waals surface area contributed by atoms with Crippen molar-refractivity contribution in [1.29, 1.82) is 0 Å². The Bertz CT molecular complexity index is 1050. The number of carboxylic acids is 1. The largest absolute Gasteiger partial charge is 0.478 e. The number of carbonyl (C=O) groups is 1. The lowest BCUT2D eigenvalue weighted by atomic mass is 10.1. The minimum atomic E-state index is -1.13. The third-order valence-electron chi connectivity index (χ3n) is 4.22. The molecule has 1 aromatic carbocycles. The first kappa shape index (κ1) is 17.7. The zero-order valence-corrected chi connectivity index (χ0v) is 15.0. The predicted molar refractivity (Wildman–Crippen MR) is 99.8 cm³/mol. The van der Waals surface area contributed by atoms with Gasteiger partial charge in [-0.25, -0.2) is 19.6 Å². The highest BCUT2D eigenvalue weighted by atomic mass is 19.1. The Balaban J connectivity index is 1.58. The van der Waals surface area contributed by atoms with Crippen LogP contribution in [0.2, 0.25) is 0 Å². The number of benzene rings is 1. The predicted octanol–water partition coefficient (Wildman–Crippen LogP) is 1.86. The first-order valence-electron chi connectivity index (χ1n) is 8.32. The highest BCUT2D eigenvalue weighted by molar-refractivity contribution is 5.88. The Morgan fingerprint density at radius 2 is 2.14 bits per heavy atom. The molecule has 1 aliphatic rings. The van der Waals surface area contributed by atoms with Gasteiger partial charge in [-0.3, -0.25) is 9.69 Å². The molecule has 11 heteroatoms. The van der Waals surface area contributed by atoms with Gasteiger partial charge in [-0.1, -0.05) is 0 Å². The summed E-state index contributed by atoms with van der Waals surface area (Å²) in [6.07, 6.45) is 4.54. The van der Waals surface area contributed by atoms with Crippen molar-refractivity contribution >= 4 is 29.1 Å². The Labute approximate surface area is 159 Å². The first-order valence-corrected chi connectivity index (χ1v) is 8.32. The number of hydrogen-bond donors (Lipinski definition) is 4. The van der Waals surface area contributed by atoms with E-state index in [1.54, 1.807) is 42.4 Å². The zero-order chi connectivity index (χ0) is 19.8. The molecule has 3 aromatic rings. The molecule has 10 nitrogen and oxygen atoms in total. The summed E-state index contributed by atoms with van der Waals surface area (Å²) < 4.78 is 15.8. The lowest BCUT2D eigenvalue weighted by Crippen LogP contribution is -2.34. The van der Waals surface area contributed by atoms with Crippen molar-refractivity contribution in [3.05, 3.63) is 53.7 Å². The number of nitrogens with zero attached hydrogens (tertiary/aromatic N) is 5. The van der Waals surface area contributed by atoms with E-state index in [9.17, 15) is 9.18 Å². The molecule has 1 atom stereocenters. The van der Waals surface area contributed by atoms with E-state index in [0.717, 1.165) is 11.8 Å². The summed E-state index contributed by atoms with van der Waals surface area (Å²) in [6, 6.07) is 3.57. The van der Waals surface area contributed by atoms with Crippen molar-refractivity contribution in [2.75, 3.05) is 22.7 Å². The molecule has 0 spiro atoms. The number of halogens is 1. The van der Waals surface area contributed by atoms with Crippen molar-refractivity contribution in [2.45, 2.75) is 6.17 Å². The number of rotatable bonds is 5. The van der Waals surface area contributed by atoms with Crippen LogP contribution in [0.4, 0.5) is 27.5 Å². The Kier molecular flexibility index (Phi) is 4.28. The second-order valence-electron chi connectivity index (χ2n) is 6.27. The summed E-state index contributed by atoms with van der Waals surface area (Å²) in [5, 5.41) is 20.9. The van der Waals surface area contributed by atoms with Crippen LogP contribution in [0.3, 0.4) is 0 Å². The van der Waals surface area contributed by atoms with Crippen LogP contribution in [-0.2, 0) is 7.05 Å². The molecular weight excluding hydrogens is 367 g/mol. The first-order chi connectivity index (χ1) is 13.4. The van der Waals surface area contributed by atoms with Crippen LogP contribution in [0.25, 0.3) is 0 Å². The molecule has 4 N–H and O–H groups in total. The quantitative estimate of drug-likeness (QED) is 0.522. The van der Waals surface area contributed by atoms with Crippen molar-refractivity contribution in [2.24, 2.45) is 7.05 Å². The molecule has 2 aromatic heterocycles. The summed E-state index contributed by atoms with van der Waals surface area (Å²) in [7, 11) is 3.58. The van der Waals surface area contributed by atoms with Gasteiger partial charge < -0.3 is 15.7 Å². The normalized spacial score (nSPS) is 15.4. The maximum Gasteiger partial charge on any atom is 0.335 e. The number of carboxylic acid groups (broad SMARTS) is 1. The second kappa shape index (κ2) is 6.78. The zero-order valence-electron chi connectivity index (χ0n) is 15.0. The monoisotopic (exact) mass is 384 g/mol. The molecule has 1 aliphatic heterocycles. The van der Waals surface area contributed by atoms with Gasteiger partial charge in [0.1, 0.15) is 12.0 Å². The van der Waals surface area contributed by atoms with Crippen molar-refractivity contribution < 1.29 is 14.3 Å². The number of fused-ring (bicyclic) bond motifs is 1. The minimum absolute atomic E-state index is 0.0113. The third-order valence-corrected chi connectivity index (χ3v) is 4.22. The minimum Gasteiger partial charge on any atom is -0.478 e. The molecule has 3 heterocycles. The molecule has 144 valence electrons. The lowest BCUT2D eigenvalue weighted by Gasteiger charge is -2.17. The van der Waals surface area contributed by atoms with Gasteiger partial charge in [-0.05, 0) is 18.2 Å². The van der Waals surface area contributed by atoms with E-state index in [-0.39, 0.29) is 11.3 Å². The molecule has 0 radical (unpaired) electrons. The van der Waals surface area contributed by atoms with Gasteiger partial charge in [0.2, 0.25) is 5.95 Å². The van der Waals surface area contributed by atoms with Gasteiger partial charge in [0.05, 0.1) is 28.7 Å². The number of aromatic carboxylic acids is 1. The van der Waals surface area contributed by atoms with Crippen molar-refractivity contribution in [3.63, 3.8) is 0 Å². The fraction of sp³-hybridized carbons (Fsp3) is 0.176. The van der Waals surface area contributed by atoms with Crippen LogP contribution in [0.15, 0.2) is 36.8 Å². The van der Waals surface area contributed by atoms with E-state index >= 15 is 0 Å². The molecule has 0 fully saturated rings. The van der Waals surface area contributed by atoms with Crippen LogP contribution in [0, 0.1) is 5.82 Å². The van der Waals surface area contributed by atoms with E-state index < -0.39 is 18.0 Å². The van der Waals surface area contributed by atoms with Gasteiger partial charge in [0.15, 0.2) is 5.82 Å². The fourth-order valence-electron chi connectivity index (χ4n) is 2.89. The van der Waals surface area contributed by atoms with E-state index in [1.165, 1.54) is 12.1 Å². The van der Waals surface area contributed by atoms with E-state index in [4.69, 9.17) is 5.11 Å². The van der Waals surface area contributed by atoms with E-state index in [1.807, 2.05) is 0 Å². The van der Waals surface area contributed by atoms with Crippen LogP contribution < -0.4 is 21.1 Å². The molecule has 4 rings (SSSR count). The van der Waals surface area contributed by atoms with Gasteiger partial charge in [0, 0.05) is 26.5 Å². The number of aryl methyl sites for hydroxylation is 1. The number of aromatic nitrogens is 4. The summed E-state index contributed by atoms with van der Waals surface area (Å²) in [4.78, 5) is 19.9. The van der Waals surface area contributed by atoms with Gasteiger partial charge in [-0.15, -0.1) is 0 Å². The Morgan fingerprint density at radius 3 is 2.86 bits per heavy atom. The summed E-state index contributed by atoms with van der Waals surface area (Å²) in [6.45, 7) is 0. The Hall–Kier alpha value is -3.73. The maximum absolute atomic E-state index is 14.1. The standard InChI is InChI=1S/C17H17FN8O2/c1-25-8-10(6-20-25)21-17-19-7-11-14(24-26(2)15(11)23-17)22-13-5-9(16(27)28)3-4-12(13)18/h3-8,14,22,24H,1-2H3,(H,27,28)(H,19,21,23). The lowest BCUT2D eigenvalue weighted by molar-refractivity contribution is 0.0697. The average Bonchev–Trinajstić information content (AvgIpc) is 3.20. The molecule has 0 bridgehead atoms. The second-order valence-corrected chi connectivity index (χ2v) is 6.27. The molecular formula is C17H17FN8O2. The smallest absolute Gasteiger partial charge is 0.335 e. The van der Waals surface area contributed by atoms with Crippen LogP contribution in [0.1, 0.15) is 22.1 Å². The summed E-state index contributed by atoms with van der Waals surface area (Å²) in [5.74, 6) is -0.693. The third kappa shape index (κ3) is 3.30. The number of hydrazine groups is 1. The van der Waals surface area contributed by atoms with Gasteiger partial charge in [0.25, 0.3) is 0 Å². The summed E-state index contributed by atoms with van der Waals surface area (Å²) >= 11 is 0. The van der Waals surface area contributed by atoms with E-state index in [2.05, 4.69) is 31.1 Å². The summed E-state index contributed by atoms with van der Waals surface area (Å²) in [5.41, 5.74) is 4.60. The Morgan fingerprint density at radius 1 is 1.32 bits per heavy atom. The highest BCUT2D eigenvalue weighted by Gasteiger charge is 2.29. The average molecular weight is 384 g/mol. The van der Waals surface area contributed by atoms with Crippen LogP contribution in [-0.4, -0.2) is 37.9 Å². The molecule has 28 heavy (non-hydrogen) atoms.